The number of Topliss-reactive ketones (excluding diaryl/α,β-unsaturated/α-hetero) is 1. The van der Waals surface area contributed by atoms with Crippen molar-refractivity contribution in [1.29, 1.82) is 0 Å². The van der Waals surface area contributed by atoms with Crippen LogP contribution in [0.2, 0.25) is 0 Å². The summed E-state index contributed by atoms with van der Waals surface area (Å²) in [6.07, 6.45) is 5.98. The number of aromatic nitrogens is 6. The Morgan fingerprint density at radius 1 is 1.09 bits per heavy atom. The lowest BCUT2D eigenvalue weighted by Gasteiger charge is -2.37. The van der Waals surface area contributed by atoms with Gasteiger partial charge in [0, 0.05) is 62.0 Å². The Bertz CT molecular complexity index is 1850. The molecule has 1 aliphatic carbocycles. The van der Waals surface area contributed by atoms with Crippen molar-refractivity contribution in [3.63, 3.8) is 0 Å². The van der Waals surface area contributed by atoms with Crippen molar-refractivity contribution in [2.75, 3.05) is 19.0 Å². The monoisotopic (exact) mass is 637 g/mol. The lowest BCUT2D eigenvalue weighted by Crippen LogP contribution is -2.36. The second-order valence-electron chi connectivity index (χ2n) is 13.2. The minimum absolute atomic E-state index is 0.0647. The molecule has 246 valence electrons. The minimum Gasteiger partial charge on any atom is -0.455 e. The third-order valence-corrected chi connectivity index (χ3v) is 8.57. The highest BCUT2D eigenvalue weighted by Gasteiger charge is 2.35. The van der Waals surface area contributed by atoms with E-state index in [-0.39, 0.29) is 29.8 Å². The van der Waals surface area contributed by atoms with Crippen molar-refractivity contribution in [2.45, 2.75) is 77.5 Å². The minimum atomic E-state index is -0.0936. The zero-order chi connectivity index (χ0) is 33.1. The molecule has 1 fully saturated rings. The molecule has 4 aromatic heterocycles. The van der Waals surface area contributed by atoms with Crippen LogP contribution < -0.4 is 10.1 Å². The van der Waals surface area contributed by atoms with Gasteiger partial charge in [0.15, 0.2) is 17.2 Å². The third kappa shape index (κ3) is 7.36. The van der Waals surface area contributed by atoms with Crippen LogP contribution in [0.25, 0.3) is 11.2 Å². The first-order chi connectivity index (χ1) is 22.6. The largest absolute Gasteiger partial charge is 0.455 e. The first kappa shape index (κ1) is 32.3. The fraction of sp³-hybridized carbons (Fsp3) is 0.417. The summed E-state index contributed by atoms with van der Waals surface area (Å²) >= 11 is 0. The molecule has 1 aliphatic rings. The number of rotatable bonds is 13. The van der Waals surface area contributed by atoms with Gasteiger partial charge in [-0.2, -0.15) is 10.1 Å². The van der Waals surface area contributed by atoms with Crippen LogP contribution in [0.15, 0.2) is 60.9 Å². The van der Waals surface area contributed by atoms with Gasteiger partial charge in [0.1, 0.15) is 11.5 Å². The normalized spacial score (nSPS) is 16.3. The number of imidazole rings is 1. The second kappa shape index (κ2) is 13.6. The molecule has 47 heavy (non-hydrogen) atoms. The number of carbonyl (C=O) groups excluding carboxylic acids is 1. The maximum absolute atomic E-state index is 12.2. The number of aryl methyl sites for hydroxylation is 2. The summed E-state index contributed by atoms with van der Waals surface area (Å²) in [4.78, 5) is 25.9. The van der Waals surface area contributed by atoms with E-state index >= 15 is 0 Å². The van der Waals surface area contributed by atoms with E-state index in [9.17, 15) is 4.79 Å². The van der Waals surface area contributed by atoms with E-state index in [4.69, 9.17) is 24.3 Å². The number of methoxy groups -OCH3 is 1. The number of anilines is 2. The van der Waals surface area contributed by atoms with E-state index in [2.05, 4.69) is 58.9 Å². The first-order valence-corrected chi connectivity index (χ1v) is 16.1. The Labute approximate surface area is 275 Å². The summed E-state index contributed by atoms with van der Waals surface area (Å²) in [5.41, 5.74) is 5.25. The molecular weight excluding hydrogens is 594 g/mol. The maximum atomic E-state index is 12.2. The van der Waals surface area contributed by atoms with Gasteiger partial charge >= 0.3 is 0 Å². The van der Waals surface area contributed by atoms with Gasteiger partial charge < -0.3 is 24.1 Å². The van der Waals surface area contributed by atoms with E-state index < -0.39 is 0 Å². The van der Waals surface area contributed by atoms with E-state index in [0.29, 0.717) is 48.4 Å². The molecule has 1 aromatic carbocycles. The fourth-order valence-electron chi connectivity index (χ4n) is 5.86. The molecule has 11 nitrogen and oxygen atoms in total. The molecule has 0 atom stereocenters. The van der Waals surface area contributed by atoms with Crippen LogP contribution in [0.3, 0.4) is 0 Å². The van der Waals surface area contributed by atoms with E-state index in [0.717, 1.165) is 35.4 Å². The third-order valence-electron chi connectivity index (χ3n) is 8.57. The summed E-state index contributed by atoms with van der Waals surface area (Å²) in [6.45, 7) is 9.64. The van der Waals surface area contributed by atoms with Crippen molar-refractivity contribution < 1.29 is 19.0 Å². The highest BCUT2D eigenvalue weighted by atomic mass is 16.5. The van der Waals surface area contributed by atoms with Crippen LogP contribution in [-0.4, -0.2) is 54.9 Å². The van der Waals surface area contributed by atoms with Crippen molar-refractivity contribution in [3.05, 3.63) is 83.4 Å². The van der Waals surface area contributed by atoms with Crippen LogP contribution >= 0.6 is 0 Å². The van der Waals surface area contributed by atoms with Gasteiger partial charge in [-0.1, -0.05) is 51.1 Å². The number of hydrogen-bond donors (Lipinski definition) is 1. The van der Waals surface area contributed by atoms with Crippen molar-refractivity contribution in [2.24, 2.45) is 7.05 Å². The van der Waals surface area contributed by atoms with E-state index in [1.54, 1.807) is 31.6 Å². The summed E-state index contributed by atoms with van der Waals surface area (Å²) < 4.78 is 21.6. The molecule has 11 heteroatoms. The lowest BCUT2D eigenvalue weighted by molar-refractivity contribution is -0.119. The SMILES string of the molecule is COCCC(=O)Cc1cc(Oc2cnc3nc(Nc4cc(C(C)(C)C)n(C5CC(OCc6ccccc6)C5)n4)n(C)c3c2C)ccn1. The van der Waals surface area contributed by atoms with Crippen LogP contribution in [-0.2, 0) is 39.8 Å². The Balaban J connectivity index is 1.16. The summed E-state index contributed by atoms with van der Waals surface area (Å²) in [7, 11) is 3.54. The molecule has 0 unspecified atom stereocenters. The number of carbonyl (C=O) groups is 1. The smallest absolute Gasteiger partial charge is 0.210 e. The van der Waals surface area contributed by atoms with Crippen molar-refractivity contribution >= 4 is 28.7 Å². The van der Waals surface area contributed by atoms with Crippen LogP contribution in [0, 0.1) is 6.92 Å². The topological polar surface area (TPSA) is 118 Å². The van der Waals surface area contributed by atoms with Gasteiger partial charge in [-0.25, -0.2) is 4.98 Å². The predicted octanol–water partition coefficient (Wildman–Crippen LogP) is 6.77. The fourth-order valence-corrected chi connectivity index (χ4v) is 5.86. The number of ether oxygens (including phenoxy) is 3. The summed E-state index contributed by atoms with van der Waals surface area (Å²) in [5, 5.41) is 8.46. The van der Waals surface area contributed by atoms with Gasteiger partial charge in [-0.15, -0.1) is 0 Å². The number of ketones is 1. The zero-order valence-electron chi connectivity index (χ0n) is 28.0. The quantitative estimate of drug-likeness (QED) is 0.149. The second-order valence-corrected chi connectivity index (χ2v) is 13.2. The van der Waals surface area contributed by atoms with Gasteiger partial charge in [-0.3, -0.25) is 14.5 Å². The molecule has 0 bridgehead atoms. The molecule has 1 saturated carbocycles. The van der Waals surface area contributed by atoms with Gasteiger partial charge in [-0.05, 0) is 31.4 Å². The van der Waals surface area contributed by atoms with Crippen LogP contribution in [0.4, 0.5) is 11.8 Å². The van der Waals surface area contributed by atoms with Crippen molar-refractivity contribution in [3.8, 4) is 11.5 Å². The Morgan fingerprint density at radius 3 is 2.62 bits per heavy atom. The number of fused-ring (bicyclic) bond motifs is 1. The van der Waals surface area contributed by atoms with E-state index in [1.165, 1.54) is 5.56 Å². The predicted molar refractivity (Wildman–Crippen MR) is 180 cm³/mol. The van der Waals surface area contributed by atoms with Gasteiger partial charge in [0.25, 0.3) is 0 Å². The number of pyridine rings is 2. The highest BCUT2D eigenvalue weighted by molar-refractivity contribution is 5.81. The van der Waals surface area contributed by atoms with Crippen molar-refractivity contribution in [1.82, 2.24) is 29.3 Å². The number of nitrogens with one attached hydrogen (secondary N) is 1. The van der Waals surface area contributed by atoms with Crippen LogP contribution in [0.1, 0.15) is 68.6 Å². The van der Waals surface area contributed by atoms with Crippen LogP contribution in [0.5, 0.6) is 11.5 Å². The molecule has 1 N–H and O–H groups in total. The zero-order valence-corrected chi connectivity index (χ0v) is 28.0. The average molecular weight is 638 g/mol. The molecule has 5 aromatic rings. The number of nitrogens with zero attached hydrogens (tertiary/aromatic N) is 6. The summed E-state index contributed by atoms with van der Waals surface area (Å²) in [5.74, 6) is 2.62. The van der Waals surface area contributed by atoms with Gasteiger partial charge in [0.2, 0.25) is 5.95 Å². The molecule has 0 saturated heterocycles. The number of hydrogen-bond acceptors (Lipinski definition) is 9. The summed E-state index contributed by atoms with van der Waals surface area (Å²) in [6, 6.07) is 16.3. The molecule has 6 rings (SSSR count). The maximum Gasteiger partial charge on any atom is 0.210 e. The standard InChI is InChI=1S/C36H43N7O4/c1-23-30(47-28-12-14-37-25(17-28)16-27(44)13-15-45-6)21-38-34-33(23)42(5)35(40-34)39-32-20-31(36(2,3)4)43(41-32)26-18-29(19-26)46-22-24-10-8-7-9-11-24/h7-12,14,17,20-21,26,29H,13,15-16,18-19,22H2,1-6H3,(H,38,39,40,41). The highest BCUT2D eigenvalue weighted by Crippen LogP contribution is 2.39. The molecule has 0 radical (unpaired) electrons. The molecule has 0 spiro atoms. The Morgan fingerprint density at radius 2 is 1.87 bits per heavy atom. The lowest BCUT2D eigenvalue weighted by atomic mass is 9.86. The van der Waals surface area contributed by atoms with Gasteiger partial charge in [0.05, 0.1) is 42.8 Å². The average Bonchev–Trinajstić information content (AvgIpc) is 3.58. The molecule has 0 amide bonds. The van der Waals surface area contributed by atoms with E-state index in [1.807, 2.05) is 36.7 Å². The molecule has 0 aliphatic heterocycles. The molecule has 4 heterocycles. The first-order valence-electron chi connectivity index (χ1n) is 16.1. The Hall–Kier alpha value is -4.61. The number of benzene rings is 1. The Kier molecular flexibility index (Phi) is 9.38. The molecular formula is C36H43N7O4.